The molecule has 14 heavy (non-hydrogen) atoms. The Morgan fingerprint density at radius 1 is 1.07 bits per heavy atom. The average Bonchev–Trinajstić information content (AvgIpc) is 2.50. The highest BCUT2D eigenvalue weighted by molar-refractivity contribution is 5.80. The zero-order valence-corrected chi connectivity index (χ0v) is 8.66. The van der Waals surface area contributed by atoms with Crippen molar-refractivity contribution in [3.8, 4) is 0 Å². The minimum absolute atomic E-state index is 0.270. The highest BCUT2D eigenvalue weighted by Crippen LogP contribution is 2.32. The van der Waals surface area contributed by atoms with E-state index in [-0.39, 0.29) is 5.91 Å². The van der Waals surface area contributed by atoms with Crippen LogP contribution in [-0.2, 0) is 9.59 Å². The SMILES string of the molecule is CN1C(=O)CCC1C1CCC(=O)CC1. The van der Waals surface area contributed by atoms with E-state index in [1.165, 1.54) is 0 Å². The van der Waals surface area contributed by atoms with Gasteiger partial charge in [-0.15, -0.1) is 0 Å². The summed E-state index contributed by atoms with van der Waals surface area (Å²) < 4.78 is 0. The van der Waals surface area contributed by atoms with Crippen LogP contribution in [0.1, 0.15) is 38.5 Å². The molecular formula is C11H17NO2. The molecule has 78 valence electrons. The highest BCUT2D eigenvalue weighted by Gasteiger charge is 2.35. The number of nitrogens with zero attached hydrogens (tertiary/aromatic N) is 1. The Kier molecular flexibility index (Phi) is 2.57. The Labute approximate surface area is 84.5 Å². The number of carbonyl (C=O) groups is 2. The monoisotopic (exact) mass is 195 g/mol. The topological polar surface area (TPSA) is 37.4 Å². The van der Waals surface area contributed by atoms with E-state index >= 15 is 0 Å². The van der Waals surface area contributed by atoms with Gasteiger partial charge >= 0.3 is 0 Å². The van der Waals surface area contributed by atoms with E-state index in [0.29, 0.717) is 24.2 Å². The lowest BCUT2D eigenvalue weighted by molar-refractivity contribution is -0.128. The van der Waals surface area contributed by atoms with E-state index in [9.17, 15) is 9.59 Å². The van der Waals surface area contributed by atoms with Crippen LogP contribution < -0.4 is 0 Å². The number of rotatable bonds is 1. The molecule has 0 N–H and O–H groups in total. The fourth-order valence-electron chi connectivity index (χ4n) is 2.73. The van der Waals surface area contributed by atoms with Gasteiger partial charge in [0.1, 0.15) is 5.78 Å². The average molecular weight is 195 g/mol. The third-order valence-corrected chi connectivity index (χ3v) is 3.68. The van der Waals surface area contributed by atoms with Gasteiger partial charge in [-0.25, -0.2) is 0 Å². The summed E-state index contributed by atoms with van der Waals surface area (Å²) in [6.07, 6.45) is 5.12. The first-order valence-corrected chi connectivity index (χ1v) is 5.46. The van der Waals surface area contributed by atoms with Crippen LogP contribution in [0.15, 0.2) is 0 Å². The summed E-state index contributed by atoms with van der Waals surface area (Å²) in [4.78, 5) is 24.3. The van der Waals surface area contributed by atoms with Gasteiger partial charge in [-0.3, -0.25) is 9.59 Å². The predicted molar refractivity (Wildman–Crippen MR) is 52.8 cm³/mol. The molecule has 2 fully saturated rings. The maximum atomic E-state index is 11.4. The number of hydrogen-bond acceptors (Lipinski definition) is 2. The van der Waals surface area contributed by atoms with Gasteiger partial charge in [-0.05, 0) is 25.2 Å². The number of likely N-dealkylation sites (tertiary alicyclic amines) is 1. The van der Waals surface area contributed by atoms with E-state index < -0.39 is 0 Å². The van der Waals surface area contributed by atoms with Crippen molar-refractivity contribution in [1.29, 1.82) is 0 Å². The van der Waals surface area contributed by atoms with E-state index in [1.807, 2.05) is 11.9 Å². The lowest BCUT2D eigenvalue weighted by Gasteiger charge is -2.31. The molecule has 1 heterocycles. The number of hydrogen-bond donors (Lipinski definition) is 0. The summed E-state index contributed by atoms with van der Waals surface area (Å²) in [5, 5.41) is 0. The van der Waals surface area contributed by atoms with E-state index in [2.05, 4.69) is 0 Å². The van der Waals surface area contributed by atoms with Crippen molar-refractivity contribution in [3.05, 3.63) is 0 Å². The van der Waals surface area contributed by atoms with Crippen LogP contribution >= 0.6 is 0 Å². The van der Waals surface area contributed by atoms with E-state index in [1.54, 1.807) is 0 Å². The molecule has 1 aliphatic heterocycles. The van der Waals surface area contributed by atoms with Crippen LogP contribution in [0.2, 0.25) is 0 Å². The molecule has 1 aliphatic carbocycles. The molecule has 1 unspecified atom stereocenters. The first kappa shape index (κ1) is 9.69. The maximum Gasteiger partial charge on any atom is 0.222 e. The van der Waals surface area contributed by atoms with Gasteiger partial charge in [-0.1, -0.05) is 0 Å². The summed E-state index contributed by atoms with van der Waals surface area (Å²) >= 11 is 0. The van der Waals surface area contributed by atoms with Crippen molar-refractivity contribution in [2.45, 2.75) is 44.6 Å². The molecule has 1 saturated carbocycles. The van der Waals surface area contributed by atoms with E-state index in [4.69, 9.17) is 0 Å². The number of carbonyl (C=O) groups excluding carboxylic acids is 2. The molecule has 3 nitrogen and oxygen atoms in total. The second kappa shape index (κ2) is 3.71. The minimum Gasteiger partial charge on any atom is -0.342 e. The van der Waals surface area contributed by atoms with Crippen LogP contribution in [0.3, 0.4) is 0 Å². The van der Waals surface area contributed by atoms with Gasteiger partial charge in [0.25, 0.3) is 0 Å². The Bertz CT molecular complexity index is 252. The summed E-state index contributed by atoms with van der Waals surface area (Å²) in [6.45, 7) is 0. The second-order valence-corrected chi connectivity index (χ2v) is 4.49. The lowest BCUT2D eigenvalue weighted by Crippen LogP contribution is -2.36. The first-order valence-electron chi connectivity index (χ1n) is 5.46. The van der Waals surface area contributed by atoms with Crippen molar-refractivity contribution >= 4 is 11.7 Å². The summed E-state index contributed by atoms with van der Waals surface area (Å²) in [5.74, 6) is 1.24. The Hall–Kier alpha value is -0.860. The molecule has 2 rings (SSSR count). The van der Waals surface area contributed by atoms with Gasteiger partial charge in [0, 0.05) is 32.4 Å². The van der Waals surface area contributed by atoms with Crippen molar-refractivity contribution in [3.63, 3.8) is 0 Å². The van der Waals surface area contributed by atoms with Gasteiger partial charge in [0.05, 0.1) is 0 Å². The van der Waals surface area contributed by atoms with Crippen molar-refractivity contribution in [2.75, 3.05) is 7.05 Å². The Morgan fingerprint density at radius 2 is 1.71 bits per heavy atom. The second-order valence-electron chi connectivity index (χ2n) is 4.49. The van der Waals surface area contributed by atoms with Crippen molar-refractivity contribution in [1.82, 2.24) is 4.90 Å². The van der Waals surface area contributed by atoms with Crippen LogP contribution in [0.5, 0.6) is 0 Å². The van der Waals surface area contributed by atoms with Crippen LogP contribution in [0, 0.1) is 5.92 Å². The van der Waals surface area contributed by atoms with Gasteiger partial charge < -0.3 is 4.90 Å². The smallest absolute Gasteiger partial charge is 0.222 e. The van der Waals surface area contributed by atoms with Gasteiger partial charge in [0.15, 0.2) is 0 Å². The van der Waals surface area contributed by atoms with Crippen molar-refractivity contribution < 1.29 is 9.59 Å². The standard InChI is InChI=1S/C11H17NO2/c1-12-10(6-7-11(12)14)8-2-4-9(13)5-3-8/h8,10H,2-7H2,1H3. The zero-order valence-electron chi connectivity index (χ0n) is 8.66. The van der Waals surface area contributed by atoms with Crippen LogP contribution in [0.4, 0.5) is 0 Å². The predicted octanol–water partition coefficient (Wildman–Crippen LogP) is 1.37. The Balaban J connectivity index is 1.96. The van der Waals surface area contributed by atoms with Crippen LogP contribution in [0.25, 0.3) is 0 Å². The molecule has 0 spiro atoms. The number of ketones is 1. The summed E-state index contributed by atoms with van der Waals surface area (Å²) in [5.41, 5.74) is 0. The fraction of sp³-hybridized carbons (Fsp3) is 0.818. The van der Waals surface area contributed by atoms with Gasteiger partial charge in [-0.2, -0.15) is 0 Å². The fourth-order valence-corrected chi connectivity index (χ4v) is 2.73. The molecule has 1 atom stereocenters. The molecule has 0 radical (unpaired) electrons. The third kappa shape index (κ3) is 1.68. The van der Waals surface area contributed by atoms with Crippen LogP contribution in [-0.4, -0.2) is 29.7 Å². The zero-order chi connectivity index (χ0) is 10.1. The summed E-state index contributed by atoms with van der Waals surface area (Å²) in [6, 6.07) is 0.413. The molecule has 1 amide bonds. The third-order valence-electron chi connectivity index (χ3n) is 3.68. The van der Waals surface area contributed by atoms with E-state index in [0.717, 1.165) is 32.1 Å². The number of amides is 1. The molecular weight excluding hydrogens is 178 g/mol. The molecule has 0 bridgehead atoms. The first-order chi connectivity index (χ1) is 6.68. The molecule has 0 aromatic carbocycles. The normalized spacial score (nSPS) is 30.1. The highest BCUT2D eigenvalue weighted by atomic mass is 16.2. The van der Waals surface area contributed by atoms with Gasteiger partial charge in [0.2, 0.25) is 5.91 Å². The molecule has 2 aliphatic rings. The molecule has 0 aromatic rings. The largest absolute Gasteiger partial charge is 0.342 e. The lowest BCUT2D eigenvalue weighted by atomic mass is 9.82. The summed E-state index contributed by atoms with van der Waals surface area (Å²) in [7, 11) is 1.90. The maximum absolute atomic E-state index is 11.4. The quantitative estimate of drug-likeness (QED) is 0.633. The number of Topliss-reactive ketones (excluding diaryl/α,β-unsaturated/α-hetero) is 1. The molecule has 1 saturated heterocycles. The molecule has 0 aromatic heterocycles. The van der Waals surface area contributed by atoms with Crippen molar-refractivity contribution in [2.24, 2.45) is 5.92 Å². The minimum atomic E-state index is 0.270. The Morgan fingerprint density at radius 3 is 2.21 bits per heavy atom. The molecule has 3 heteroatoms.